The predicted octanol–water partition coefficient (Wildman–Crippen LogP) is 6.49. The molecule has 0 radical (unpaired) electrons. The molecule has 0 aromatic heterocycles. The first-order valence-electron chi connectivity index (χ1n) is 7.93. The number of ether oxygens (including phenoxy) is 2. The normalized spacial score (nSPS) is 10.7. The van der Waals surface area contributed by atoms with Crippen LogP contribution in [0.2, 0.25) is 0 Å². The molecule has 136 valence electrons. The summed E-state index contributed by atoms with van der Waals surface area (Å²) in [5.74, 6) is 3.30. The molecule has 25 heavy (non-hydrogen) atoms. The van der Waals surface area contributed by atoms with Gasteiger partial charge in [0.25, 0.3) is 0 Å². The largest absolute Gasteiger partial charge is 0.493 e. The standard InChI is InChI=1S/C19H20Cl4O2/c20-10-14-4-15(11-21)7-18(6-14)24-2-1-3-25-19-8-16(12-22)5-17(9-19)13-23/h4-9H,1-3,10-13H2. The third-order valence-corrected chi connectivity index (χ3v) is 4.73. The lowest BCUT2D eigenvalue weighted by atomic mass is 10.1. The summed E-state index contributed by atoms with van der Waals surface area (Å²) in [6.45, 7) is 1.09. The van der Waals surface area contributed by atoms with Crippen molar-refractivity contribution in [1.29, 1.82) is 0 Å². The van der Waals surface area contributed by atoms with Gasteiger partial charge in [0.2, 0.25) is 0 Å². The molecule has 6 heteroatoms. The third kappa shape index (κ3) is 6.79. The summed E-state index contributed by atoms with van der Waals surface area (Å²) >= 11 is 23.6. The second-order valence-electron chi connectivity index (χ2n) is 5.56. The van der Waals surface area contributed by atoms with Crippen LogP contribution in [0.3, 0.4) is 0 Å². The fourth-order valence-electron chi connectivity index (χ4n) is 2.37. The highest BCUT2D eigenvalue weighted by Gasteiger charge is 2.03. The van der Waals surface area contributed by atoms with Crippen molar-refractivity contribution in [2.45, 2.75) is 29.9 Å². The van der Waals surface area contributed by atoms with Gasteiger partial charge in [0.05, 0.1) is 13.2 Å². The van der Waals surface area contributed by atoms with Gasteiger partial charge in [-0.05, 0) is 46.5 Å². The molecule has 0 N–H and O–H groups in total. The van der Waals surface area contributed by atoms with E-state index in [9.17, 15) is 0 Å². The highest BCUT2D eigenvalue weighted by atomic mass is 35.5. The zero-order valence-corrected chi connectivity index (χ0v) is 16.8. The molecule has 0 unspecified atom stereocenters. The highest BCUT2D eigenvalue weighted by Crippen LogP contribution is 2.22. The van der Waals surface area contributed by atoms with Gasteiger partial charge in [-0.3, -0.25) is 0 Å². The molecule has 2 rings (SSSR count). The smallest absolute Gasteiger partial charge is 0.119 e. The first-order valence-corrected chi connectivity index (χ1v) is 10.1. The van der Waals surface area contributed by atoms with E-state index in [1.165, 1.54) is 0 Å². The van der Waals surface area contributed by atoms with Crippen LogP contribution in [0.4, 0.5) is 0 Å². The Morgan fingerprint density at radius 2 is 0.840 bits per heavy atom. The van der Waals surface area contributed by atoms with Crippen LogP contribution >= 0.6 is 46.4 Å². The second-order valence-corrected chi connectivity index (χ2v) is 6.62. The Kier molecular flexibility index (Phi) is 9.05. The maximum atomic E-state index is 5.89. The fourth-order valence-corrected chi connectivity index (χ4v) is 2.99. The van der Waals surface area contributed by atoms with Gasteiger partial charge >= 0.3 is 0 Å². The van der Waals surface area contributed by atoms with Gasteiger partial charge in [0.15, 0.2) is 0 Å². The topological polar surface area (TPSA) is 18.5 Å². The summed E-state index contributed by atoms with van der Waals surface area (Å²) in [5, 5.41) is 0. The Balaban J connectivity index is 1.82. The number of rotatable bonds is 10. The lowest BCUT2D eigenvalue weighted by molar-refractivity contribution is 0.247. The summed E-state index contributed by atoms with van der Waals surface area (Å²) in [4.78, 5) is 0. The van der Waals surface area contributed by atoms with Crippen LogP contribution in [0.1, 0.15) is 28.7 Å². The second kappa shape index (κ2) is 11.0. The van der Waals surface area contributed by atoms with Crippen molar-refractivity contribution in [2.75, 3.05) is 13.2 Å². The Bertz CT molecular complexity index is 574. The predicted molar refractivity (Wildman–Crippen MR) is 107 cm³/mol. The van der Waals surface area contributed by atoms with Gasteiger partial charge < -0.3 is 9.47 Å². The monoisotopic (exact) mass is 420 g/mol. The number of hydrogen-bond donors (Lipinski definition) is 0. The first-order chi connectivity index (χ1) is 12.2. The van der Waals surface area contributed by atoms with Gasteiger partial charge in [0.1, 0.15) is 11.5 Å². The number of halogens is 4. The van der Waals surface area contributed by atoms with Crippen molar-refractivity contribution >= 4 is 46.4 Å². The number of benzene rings is 2. The van der Waals surface area contributed by atoms with E-state index in [-0.39, 0.29) is 0 Å². The van der Waals surface area contributed by atoms with Gasteiger partial charge in [0, 0.05) is 29.9 Å². The van der Waals surface area contributed by atoms with Crippen LogP contribution in [-0.2, 0) is 23.5 Å². The van der Waals surface area contributed by atoms with Crippen LogP contribution in [0.15, 0.2) is 36.4 Å². The molecule has 2 aromatic carbocycles. The van der Waals surface area contributed by atoms with Crippen molar-refractivity contribution < 1.29 is 9.47 Å². The summed E-state index contributed by atoms with van der Waals surface area (Å²) < 4.78 is 11.6. The average molecular weight is 422 g/mol. The van der Waals surface area contributed by atoms with Gasteiger partial charge in [-0.25, -0.2) is 0 Å². The minimum atomic E-state index is 0.435. The van der Waals surface area contributed by atoms with E-state index >= 15 is 0 Å². The number of hydrogen-bond acceptors (Lipinski definition) is 2. The van der Waals surface area contributed by atoms with E-state index in [4.69, 9.17) is 55.9 Å². The summed E-state index contributed by atoms with van der Waals surface area (Å²) in [5.41, 5.74) is 3.99. The lowest BCUT2D eigenvalue weighted by Crippen LogP contribution is -2.06. The van der Waals surface area contributed by atoms with Gasteiger partial charge in [-0.1, -0.05) is 12.1 Å². The minimum Gasteiger partial charge on any atom is -0.493 e. The molecule has 0 aliphatic heterocycles. The quantitative estimate of drug-likeness (QED) is 0.322. The van der Waals surface area contributed by atoms with Crippen LogP contribution < -0.4 is 9.47 Å². The van der Waals surface area contributed by atoms with Crippen molar-refractivity contribution in [2.24, 2.45) is 0 Å². The molecule has 0 amide bonds. The van der Waals surface area contributed by atoms with E-state index in [0.29, 0.717) is 36.7 Å². The Morgan fingerprint density at radius 3 is 1.12 bits per heavy atom. The summed E-state index contributed by atoms with van der Waals surface area (Å²) in [6.07, 6.45) is 0.753. The Labute approximate surface area is 168 Å². The molecule has 0 bridgehead atoms. The van der Waals surface area contributed by atoms with E-state index in [1.807, 2.05) is 36.4 Å². The molecular formula is C19H20Cl4O2. The van der Waals surface area contributed by atoms with Crippen molar-refractivity contribution in [3.05, 3.63) is 58.7 Å². The summed E-state index contributed by atoms with van der Waals surface area (Å²) in [7, 11) is 0. The van der Waals surface area contributed by atoms with Crippen LogP contribution in [0, 0.1) is 0 Å². The van der Waals surface area contributed by atoms with E-state index in [0.717, 1.165) is 40.2 Å². The van der Waals surface area contributed by atoms with Crippen molar-refractivity contribution in [1.82, 2.24) is 0 Å². The highest BCUT2D eigenvalue weighted by molar-refractivity contribution is 6.18. The maximum Gasteiger partial charge on any atom is 0.119 e. The molecule has 0 saturated heterocycles. The Hall–Kier alpha value is -0.800. The molecule has 0 saturated carbocycles. The van der Waals surface area contributed by atoms with Crippen molar-refractivity contribution in [3.63, 3.8) is 0 Å². The molecule has 0 aliphatic rings. The lowest BCUT2D eigenvalue weighted by Gasteiger charge is -2.11. The molecule has 0 atom stereocenters. The van der Waals surface area contributed by atoms with Crippen LogP contribution in [-0.4, -0.2) is 13.2 Å². The van der Waals surface area contributed by atoms with E-state index in [2.05, 4.69) is 0 Å². The SMILES string of the molecule is ClCc1cc(CCl)cc(OCCCOc2cc(CCl)cc(CCl)c2)c1. The zero-order chi connectivity index (χ0) is 18.1. The van der Waals surface area contributed by atoms with E-state index in [1.54, 1.807) is 0 Å². The molecule has 0 heterocycles. The number of alkyl halides is 4. The molecule has 0 aliphatic carbocycles. The molecule has 2 aromatic rings. The Morgan fingerprint density at radius 1 is 0.520 bits per heavy atom. The molecule has 0 fully saturated rings. The first kappa shape index (κ1) is 20.5. The maximum absolute atomic E-state index is 5.89. The van der Waals surface area contributed by atoms with E-state index < -0.39 is 0 Å². The third-order valence-electron chi connectivity index (χ3n) is 3.50. The zero-order valence-electron chi connectivity index (χ0n) is 13.7. The fraction of sp³-hybridized carbons (Fsp3) is 0.368. The molecule has 2 nitrogen and oxygen atoms in total. The minimum absolute atomic E-state index is 0.435. The molecular weight excluding hydrogens is 402 g/mol. The van der Waals surface area contributed by atoms with Crippen LogP contribution in [0.5, 0.6) is 11.5 Å². The van der Waals surface area contributed by atoms with Crippen LogP contribution in [0.25, 0.3) is 0 Å². The summed E-state index contributed by atoms with van der Waals surface area (Å²) in [6, 6.07) is 11.7. The molecule has 0 spiro atoms. The average Bonchev–Trinajstić information content (AvgIpc) is 2.66. The van der Waals surface area contributed by atoms with Gasteiger partial charge in [-0.15, -0.1) is 46.4 Å². The van der Waals surface area contributed by atoms with Crippen molar-refractivity contribution in [3.8, 4) is 11.5 Å². The van der Waals surface area contributed by atoms with Gasteiger partial charge in [-0.2, -0.15) is 0 Å².